The van der Waals surface area contributed by atoms with Crippen molar-refractivity contribution in [3.8, 4) is 0 Å². The van der Waals surface area contributed by atoms with Gasteiger partial charge in [0, 0.05) is 19.1 Å². The highest BCUT2D eigenvalue weighted by Gasteiger charge is 2.55. The van der Waals surface area contributed by atoms with Crippen molar-refractivity contribution in [2.75, 3.05) is 0 Å². The van der Waals surface area contributed by atoms with Crippen LogP contribution in [0.25, 0.3) is 0 Å². The minimum Gasteiger partial charge on any atom is -0.481 e. The highest BCUT2D eigenvalue weighted by molar-refractivity contribution is 7.89. The summed E-state index contributed by atoms with van der Waals surface area (Å²) in [4.78, 5) is 11.5. The average molecular weight is 313 g/mol. The van der Waals surface area contributed by atoms with E-state index >= 15 is 0 Å². The van der Waals surface area contributed by atoms with E-state index in [1.54, 1.807) is 25.6 Å². The Morgan fingerprint density at radius 2 is 2.00 bits per heavy atom. The summed E-state index contributed by atoms with van der Waals surface area (Å²) >= 11 is 0. The normalized spacial score (nSPS) is 29.2. The maximum Gasteiger partial charge on any atom is 0.308 e. The lowest BCUT2D eigenvalue weighted by atomic mass is 9.89. The molecule has 1 N–H and O–H groups in total. The molecule has 3 atom stereocenters. The Balaban J connectivity index is 2.06. The third-order valence-corrected chi connectivity index (χ3v) is 7.00. The molecule has 2 bridgehead atoms. The third-order valence-electron chi connectivity index (χ3n) is 4.77. The van der Waals surface area contributed by atoms with Crippen molar-refractivity contribution in [2.24, 2.45) is 13.0 Å². The molecule has 1 aromatic heterocycles. The van der Waals surface area contributed by atoms with E-state index in [0.29, 0.717) is 24.2 Å². The molecule has 2 saturated heterocycles. The molecule has 116 valence electrons. The number of nitrogens with zero attached hydrogens (tertiary/aromatic N) is 3. The predicted molar refractivity (Wildman–Crippen MR) is 74.3 cm³/mol. The lowest BCUT2D eigenvalue weighted by Crippen LogP contribution is -2.38. The number of aromatic nitrogens is 2. The van der Waals surface area contributed by atoms with E-state index in [1.807, 2.05) is 0 Å². The van der Waals surface area contributed by atoms with Crippen molar-refractivity contribution in [3.05, 3.63) is 11.4 Å². The standard InChI is InChI=1S/C13H19N3O4S/c1-7-12(8(2)15(3)14-7)21(19,20)16-9-4-5-11(16)10(6-9)13(17)18/h9-11H,4-6H2,1-3H3,(H,17,18). The molecule has 2 fully saturated rings. The van der Waals surface area contributed by atoms with Crippen molar-refractivity contribution in [2.45, 2.75) is 50.1 Å². The van der Waals surface area contributed by atoms with Crippen LogP contribution < -0.4 is 0 Å². The fourth-order valence-electron chi connectivity index (χ4n) is 3.81. The van der Waals surface area contributed by atoms with Crippen LogP contribution in [0, 0.1) is 19.8 Å². The van der Waals surface area contributed by atoms with Crippen molar-refractivity contribution < 1.29 is 18.3 Å². The van der Waals surface area contributed by atoms with Gasteiger partial charge >= 0.3 is 5.97 Å². The minimum absolute atomic E-state index is 0.194. The van der Waals surface area contributed by atoms with Gasteiger partial charge in [-0.3, -0.25) is 9.48 Å². The number of aryl methyl sites for hydroxylation is 2. The number of carboxylic acid groups (broad SMARTS) is 1. The molecule has 8 heteroatoms. The average Bonchev–Trinajstić information content (AvgIpc) is 3.02. The molecule has 2 aliphatic rings. The predicted octanol–water partition coefficient (Wildman–Crippen LogP) is 0.663. The lowest BCUT2D eigenvalue weighted by molar-refractivity contribution is -0.142. The molecule has 0 aliphatic carbocycles. The lowest BCUT2D eigenvalue weighted by Gasteiger charge is -2.22. The topological polar surface area (TPSA) is 92.5 Å². The second-order valence-corrected chi connectivity index (χ2v) is 7.72. The Bertz CT molecular complexity index is 709. The smallest absolute Gasteiger partial charge is 0.308 e. The molecular weight excluding hydrogens is 294 g/mol. The molecule has 0 amide bonds. The zero-order valence-corrected chi connectivity index (χ0v) is 13.1. The van der Waals surface area contributed by atoms with E-state index in [9.17, 15) is 18.3 Å². The van der Waals surface area contributed by atoms with Gasteiger partial charge in [-0.1, -0.05) is 0 Å². The molecule has 1 aromatic rings. The monoisotopic (exact) mass is 313 g/mol. The Hall–Kier alpha value is -1.41. The molecule has 0 saturated carbocycles. The van der Waals surface area contributed by atoms with Crippen LogP contribution in [-0.4, -0.2) is 45.7 Å². The van der Waals surface area contributed by atoms with Crippen molar-refractivity contribution in [1.82, 2.24) is 14.1 Å². The van der Waals surface area contributed by atoms with E-state index in [2.05, 4.69) is 5.10 Å². The second kappa shape index (κ2) is 4.54. The van der Waals surface area contributed by atoms with Crippen LogP contribution >= 0.6 is 0 Å². The summed E-state index contributed by atoms with van der Waals surface area (Å²) in [5, 5.41) is 13.4. The van der Waals surface area contributed by atoms with Crippen LogP contribution in [0.3, 0.4) is 0 Å². The first kappa shape index (κ1) is 14.5. The van der Waals surface area contributed by atoms with Gasteiger partial charge in [0.15, 0.2) is 0 Å². The van der Waals surface area contributed by atoms with Crippen LogP contribution in [0.4, 0.5) is 0 Å². The van der Waals surface area contributed by atoms with Gasteiger partial charge in [-0.2, -0.15) is 9.40 Å². The second-order valence-electron chi connectivity index (χ2n) is 5.94. The highest BCUT2D eigenvalue weighted by Crippen LogP contribution is 2.45. The molecular formula is C13H19N3O4S. The van der Waals surface area contributed by atoms with Gasteiger partial charge in [0.25, 0.3) is 0 Å². The zero-order chi connectivity index (χ0) is 15.5. The van der Waals surface area contributed by atoms with Gasteiger partial charge < -0.3 is 5.11 Å². The van der Waals surface area contributed by atoms with Crippen LogP contribution in [0.1, 0.15) is 30.7 Å². The summed E-state index contributed by atoms with van der Waals surface area (Å²) in [6.07, 6.45) is 1.78. The fraction of sp³-hybridized carbons (Fsp3) is 0.692. The summed E-state index contributed by atoms with van der Waals surface area (Å²) in [6.45, 7) is 3.39. The van der Waals surface area contributed by atoms with Crippen LogP contribution in [-0.2, 0) is 21.9 Å². The van der Waals surface area contributed by atoms with E-state index in [0.717, 1.165) is 6.42 Å². The van der Waals surface area contributed by atoms with Crippen molar-refractivity contribution in [1.29, 1.82) is 0 Å². The van der Waals surface area contributed by atoms with Crippen LogP contribution in [0.2, 0.25) is 0 Å². The first-order chi connectivity index (χ1) is 9.75. The number of hydrogen-bond donors (Lipinski definition) is 1. The van der Waals surface area contributed by atoms with Crippen LogP contribution in [0.15, 0.2) is 4.90 Å². The van der Waals surface area contributed by atoms with E-state index in [4.69, 9.17) is 0 Å². The SMILES string of the molecule is Cc1nn(C)c(C)c1S(=O)(=O)N1C2CCC1C(C(=O)O)C2. The Morgan fingerprint density at radius 3 is 2.48 bits per heavy atom. The summed E-state index contributed by atoms with van der Waals surface area (Å²) in [5.41, 5.74) is 1.05. The molecule has 21 heavy (non-hydrogen) atoms. The molecule has 0 spiro atoms. The molecule has 2 aliphatic heterocycles. The van der Waals surface area contributed by atoms with E-state index in [1.165, 1.54) is 4.31 Å². The summed E-state index contributed by atoms with van der Waals surface area (Å²) in [5.74, 6) is -1.49. The van der Waals surface area contributed by atoms with Gasteiger partial charge in [0.05, 0.1) is 17.3 Å². The first-order valence-corrected chi connectivity index (χ1v) is 8.45. The van der Waals surface area contributed by atoms with Crippen molar-refractivity contribution >= 4 is 16.0 Å². The van der Waals surface area contributed by atoms with Gasteiger partial charge in [-0.15, -0.1) is 0 Å². The molecule has 3 heterocycles. The number of carboxylic acids is 1. The number of aliphatic carboxylic acids is 1. The van der Waals surface area contributed by atoms with E-state index < -0.39 is 28.0 Å². The number of hydrogen-bond acceptors (Lipinski definition) is 4. The summed E-state index contributed by atoms with van der Waals surface area (Å²) < 4.78 is 29.0. The highest BCUT2D eigenvalue weighted by atomic mass is 32.2. The largest absolute Gasteiger partial charge is 0.481 e. The molecule has 7 nitrogen and oxygen atoms in total. The number of fused-ring (bicyclic) bond motifs is 2. The maximum atomic E-state index is 13.0. The van der Waals surface area contributed by atoms with Gasteiger partial charge in [-0.05, 0) is 33.1 Å². The Kier molecular flexibility index (Phi) is 3.14. The Morgan fingerprint density at radius 1 is 1.33 bits per heavy atom. The molecule has 0 radical (unpaired) electrons. The molecule has 3 rings (SSSR count). The third kappa shape index (κ3) is 1.92. The number of carbonyl (C=O) groups is 1. The van der Waals surface area contributed by atoms with E-state index in [-0.39, 0.29) is 10.9 Å². The minimum atomic E-state index is -3.69. The van der Waals surface area contributed by atoms with Gasteiger partial charge in [0.1, 0.15) is 4.90 Å². The van der Waals surface area contributed by atoms with Gasteiger partial charge in [-0.25, -0.2) is 8.42 Å². The van der Waals surface area contributed by atoms with Crippen molar-refractivity contribution in [3.63, 3.8) is 0 Å². The summed E-state index contributed by atoms with van der Waals surface area (Å²) in [7, 11) is -1.99. The Labute approximate surface area is 123 Å². The zero-order valence-electron chi connectivity index (χ0n) is 12.3. The maximum absolute atomic E-state index is 13.0. The molecule has 0 aromatic carbocycles. The fourth-order valence-corrected chi connectivity index (χ4v) is 6.13. The number of sulfonamides is 1. The summed E-state index contributed by atoms with van der Waals surface area (Å²) in [6, 6.07) is -0.614. The van der Waals surface area contributed by atoms with Crippen LogP contribution in [0.5, 0.6) is 0 Å². The number of rotatable bonds is 3. The quantitative estimate of drug-likeness (QED) is 0.885. The first-order valence-electron chi connectivity index (χ1n) is 7.01. The molecule has 3 unspecified atom stereocenters. The van der Waals surface area contributed by atoms with Gasteiger partial charge in [0.2, 0.25) is 10.0 Å².